The van der Waals surface area contributed by atoms with Gasteiger partial charge in [-0.1, -0.05) is 35.2 Å². The summed E-state index contributed by atoms with van der Waals surface area (Å²) in [7, 11) is 3.18. The van der Waals surface area contributed by atoms with Gasteiger partial charge in [0.2, 0.25) is 5.91 Å². The molecule has 0 atom stereocenters. The summed E-state index contributed by atoms with van der Waals surface area (Å²) in [5, 5.41) is 4.35. The molecule has 4 aromatic rings. The van der Waals surface area contributed by atoms with Crippen molar-refractivity contribution in [1.82, 2.24) is 14.5 Å². The maximum atomic E-state index is 12.9. The van der Waals surface area contributed by atoms with E-state index >= 15 is 0 Å². The first-order valence-electron chi connectivity index (χ1n) is 9.45. The second-order valence-electron chi connectivity index (χ2n) is 6.55. The molecule has 31 heavy (non-hydrogen) atoms. The van der Waals surface area contributed by atoms with Gasteiger partial charge >= 0.3 is 0 Å². The van der Waals surface area contributed by atoms with Crippen molar-refractivity contribution in [3.05, 3.63) is 52.8 Å². The van der Waals surface area contributed by atoms with Crippen LogP contribution in [-0.2, 0) is 16.1 Å². The molecule has 0 bridgehead atoms. The smallest absolute Gasteiger partial charge is 0.262 e. The molecule has 0 fully saturated rings. The number of amides is 1. The third kappa shape index (κ3) is 4.71. The van der Waals surface area contributed by atoms with Crippen LogP contribution in [-0.4, -0.2) is 47.0 Å². The van der Waals surface area contributed by atoms with E-state index in [4.69, 9.17) is 9.47 Å². The molecule has 160 valence electrons. The Balaban J connectivity index is 1.51. The predicted molar refractivity (Wildman–Crippen MR) is 123 cm³/mol. The van der Waals surface area contributed by atoms with Crippen molar-refractivity contribution in [3.8, 4) is 5.75 Å². The van der Waals surface area contributed by atoms with E-state index in [2.05, 4.69) is 15.3 Å². The van der Waals surface area contributed by atoms with Crippen LogP contribution >= 0.6 is 23.1 Å². The molecule has 0 saturated carbocycles. The quantitative estimate of drug-likeness (QED) is 0.321. The van der Waals surface area contributed by atoms with Crippen LogP contribution in [0.25, 0.3) is 21.1 Å². The van der Waals surface area contributed by atoms with E-state index in [1.807, 2.05) is 24.3 Å². The van der Waals surface area contributed by atoms with Gasteiger partial charge in [0.15, 0.2) is 10.3 Å². The number of methoxy groups -OCH3 is 2. The highest BCUT2D eigenvalue weighted by atomic mass is 32.2. The molecule has 2 aromatic carbocycles. The number of carbonyl (C=O) groups is 1. The lowest BCUT2D eigenvalue weighted by Gasteiger charge is -2.12. The Labute approximate surface area is 186 Å². The number of nitrogens with zero attached hydrogens (tertiary/aromatic N) is 3. The molecular weight excluding hydrogens is 436 g/mol. The number of aromatic nitrogens is 3. The van der Waals surface area contributed by atoms with Gasteiger partial charge in [0.1, 0.15) is 5.75 Å². The lowest BCUT2D eigenvalue weighted by molar-refractivity contribution is -0.113. The fourth-order valence-electron chi connectivity index (χ4n) is 3.01. The van der Waals surface area contributed by atoms with Crippen LogP contribution in [0.15, 0.2) is 52.4 Å². The van der Waals surface area contributed by atoms with Gasteiger partial charge in [0.05, 0.1) is 47.1 Å². The van der Waals surface area contributed by atoms with Crippen LogP contribution in [0, 0.1) is 0 Å². The largest absolute Gasteiger partial charge is 0.497 e. The lowest BCUT2D eigenvalue weighted by atomic mass is 10.2. The number of benzene rings is 2. The van der Waals surface area contributed by atoms with E-state index in [1.54, 1.807) is 37.0 Å². The topological polar surface area (TPSA) is 95.3 Å². The number of carbonyl (C=O) groups excluding carboxylic acids is 1. The minimum Gasteiger partial charge on any atom is -0.497 e. The second-order valence-corrected chi connectivity index (χ2v) is 8.52. The highest BCUT2D eigenvalue weighted by Gasteiger charge is 2.14. The molecule has 2 aromatic heterocycles. The van der Waals surface area contributed by atoms with Crippen LogP contribution in [0.4, 0.5) is 5.13 Å². The number of thioether (sulfide) groups is 1. The molecule has 0 spiro atoms. The van der Waals surface area contributed by atoms with Gasteiger partial charge in [0.25, 0.3) is 5.56 Å². The summed E-state index contributed by atoms with van der Waals surface area (Å²) in [6.07, 6.45) is 0. The fourth-order valence-corrected chi connectivity index (χ4v) is 4.74. The summed E-state index contributed by atoms with van der Waals surface area (Å²) in [4.78, 5) is 34.4. The molecule has 0 aliphatic carbocycles. The van der Waals surface area contributed by atoms with E-state index in [0.29, 0.717) is 34.3 Å². The highest BCUT2D eigenvalue weighted by molar-refractivity contribution is 7.99. The number of hydrogen-bond acceptors (Lipinski definition) is 8. The summed E-state index contributed by atoms with van der Waals surface area (Å²) in [5.74, 6) is 0.606. The number of nitrogens with one attached hydrogen (secondary N) is 1. The standard InChI is InChI=1S/C21H20N4O4S2/c1-28-10-9-25-19(27)14-5-3-4-6-15(14)23-21(25)30-12-18(26)24-20-22-16-8-7-13(29-2)11-17(16)31-20/h3-8,11H,9-10,12H2,1-2H3,(H,22,24,26). The van der Waals surface area contributed by atoms with Crippen molar-refractivity contribution in [2.45, 2.75) is 11.7 Å². The normalized spacial score (nSPS) is 11.2. The SMILES string of the molecule is COCCn1c(SCC(=O)Nc2nc3ccc(OC)cc3s2)nc2ccccc2c1=O. The van der Waals surface area contributed by atoms with Gasteiger partial charge in [-0.05, 0) is 30.3 Å². The molecule has 1 amide bonds. The monoisotopic (exact) mass is 456 g/mol. The van der Waals surface area contributed by atoms with Gasteiger partial charge in [-0.15, -0.1) is 0 Å². The van der Waals surface area contributed by atoms with Gasteiger partial charge < -0.3 is 14.8 Å². The van der Waals surface area contributed by atoms with Crippen molar-refractivity contribution in [1.29, 1.82) is 0 Å². The van der Waals surface area contributed by atoms with Gasteiger partial charge in [0, 0.05) is 7.11 Å². The van der Waals surface area contributed by atoms with E-state index in [1.165, 1.54) is 23.1 Å². The predicted octanol–water partition coefficient (Wildman–Crippen LogP) is 3.39. The summed E-state index contributed by atoms with van der Waals surface area (Å²) < 4.78 is 12.8. The van der Waals surface area contributed by atoms with Crippen LogP contribution in [0.2, 0.25) is 0 Å². The molecule has 1 N–H and O–H groups in total. The van der Waals surface area contributed by atoms with E-state index in [9.17, 15) is 9.59 Å². The number of para-hydroxylation sites is 1. The zero-order chi connectivity index (χ0) is 21.8. The number of thiazole rings is 1. The Hall–Kier alpha value is -2.95. The average Bonchev–Trinajstić information content (AvgIpc) is 3.18. The number of ether oxygens (including phenoxy) is 2. The van der Waals surface area contributed by atoms with E-state index in [0.717, 1.165) is 16.0 Å². The first-order chi connectivity index (χ1) is 15.1. The van der Waals surface area contributed by atoms with Crippen LogP contribution in [0.5, 0.6) is 5.75 Å². The number of fused-ring (bicyclic) bond motifs is 2. The summed E-state index contributed by atoms with van der Waals surface area (Å²) >= 11 is 2.58. The molecule has 10 heteroatoms. The number of hydrogen-bond donors (Lipinski definition) is 1. The van der Waals surface area contributed by atoms with Crippen molar-refractivity contribution >= 4 is 55.3 Å². The minimum absolute atomic E-state index is 0.0943. The lowest BCUT2D eigenvalue weighted by Crippen LogP contribution is -2.26. The van der Waals surface area contributed by atoms with Crippen LogP contribution in [0.3, 0.4) is 0 Å². The van der Waals surface area contributed by atoms with Crippen molar-refractivity contribution in [2.24, 2.45) is 0 Å². The first-order valence-corrected chi connectivity index (χ1v) is 11.2. The van der Waals surface area contributed by atoms with Crippen molar-refractivity contribution in [3.63, 3.8) is 0 Å². The number of rotatable bonds is 8. The third-order valence-electron chi connectivity index (χ3n) is 4.52. The molecule has 0 aliphatic heterocycles. The molecule has 0 aliphatic rings. The van der Waals surface area contributed by atoms with E-state index < -0.39 is 0 Å². The van der Waals surface area contributed by atoms with Gasteiger partial charge in [-0.25, -0.2) is 9.97 Å². The van der Waals surface area contributed by atoms with Crippen LogP contribution in [0.1, 0.15) is 0 Å². The molecule has 4 rings (SSSR count). The summed E-state index contributed by atoms with van der Waals surface area (Å²) in [5.41, 5.74) is 1.24. The zero-order valence-corrected chi connectivity index (χ0v) is 18.6. The Kier molecular flexibility index (Phi) is 6.50. The Morgan fingerprint density at radius 3 is 2.81 bits per heavy atom. The maximum Gasteiger partial charge on any atom is 0.262 e. The zero-order valence-electron chi connectivity index (χ0n) is 17.0. The Bertz CT molecular complexity index is 1300. The first kappa shape index (κ1) is 21.3. The van der Waals surface area contributed by atoms with E-state index in [-0.39, 0.29) is 17.2 Å². The summed E-state index contributed by atoms with van der Waals surface area (Å²) in [6.45, 7) is 0.728. The van der Waals surface area contributed by atoms with Crippen molar-refractivity contribution in [2.75, 3.05) is 31.9 Å². The highest BCUT2D eigenvalue weighted by Crippen LogP contribution is 2.29. The molecule has 0 unspecified atom stereocenters. The van der Waals surface area contributed by atoms with Crippen LogP contribution < -0.4 is 15.6 Å². The maximum absolute atomic E-state index is 12.9. The minimum atomic E-state index is -0.225. The van der Waals surface area contributed by atoms with Crippen molar-refractivity contribution < 1.29 is 14.3 Å². The fraction of sp³-hybridized carbons (Fsp3) is 0.238. The second kappa shape index (κ2) is 9.46. The molecule has 2 heterocycles. The molecule has 8 nitrogen and oxygen atoms in total. The molecule has 0 radical (unpaired) electrons. The number of anilines is 1. The Morgan fingerprint density at radius 1 is 1.16 bits per heavy atom. The molecular formula is C21H20N4O4S2. The van der Waals surface area contributed by atoms with Gasteiger partial charge in [-0.3, -0.25) is 14.2 Å². The third-order valence-corrected chi connectivity index (χ3v) is 6.43. The average molecular weight is 457 g/mol. The molecule has 0 saturated heterocycles. The van der Waals surface area contributed by atoms with Gasteiger partial charge in [-0.2, -0.15) is 0 Å². The Morgan fingerprint density at radius 2 is 2.00 bits per heavy atom. The summed E-state index contributed by atoms with van der Waals surface area (Å²) in [6, 6.07) is 12.7.